The van der Waals surface area contributed by atoms with E-state index >= 15 is 0 Å². The van der Waals surface area contributed by atoms with E-state index in [0.717, 1.165) is 27.4 Å². The molecule has 0 saturated heterocycles. The summed E-state index contributed by atoms with van der Waals surface area (Å²) in [7, 11) is 0. The zero-order valence-corrected chi connectivity index (χ0v) is 19.6. The first-order valence-corrected chi connectivity index (χ1v) is 11.1. The predicted octanol–water partition coefficient (Wildman–Crippen LogP) is 5.05. The molecular weight excluding hydrogens is 464 g/mol. The molecule has 0 saturated carbocycles. The molecule has 0 aliphatic heterocycles. The minimum atomic E-state index is -0.429. The molecule has 0 radical (unpaired) electrons. The van der Waals surface area contributed by atoms with E-state index in [1.54, 1.807) is 35.9 Å². The lowest BCUT2D eigenvalue weighted by atomic mass is 10.1. The van der Waals surface area contributed by atoms with E-state index in [1.807, 2.05) is 19.9 Å². The highest BCUT2D eigenvalue weighted by Crippen LogP contribution is 2.27. The predicted molar refractivity (Wildman–Crippen MR) is 127 cm³/mol. The number of anilines is 1. The van der Waals surface area contributed by atoms with Gasteiger partial charge in [0, 0.05) is 28.5 Å². The highest BCUT2D eigenvalue weighted by Gasteiger charge is 2.20. The number of aromatic nitrogens is 4. The first-order chi connectivity index (χ1) is 15.7. The van der Waals surface area contributed by atoms with Gasteiger partial charge in [-0.1, -0.05) is 35.0 Å². The number of carbonyl (C=O) groups is 1. The number of carbonyl (C=O) groups excluding carboxylic acids is 1. The number of nitro groups is 1. The normalized spacial score (nSPS) is 10.9. The first-order valence-electron chi connectivity index (χ1n) is 9.92. The van der Waals surface area contributed by atoms with Gasteiger partial charge in [-0.2, -0.15) is 0 Å². The summed E-state index contributed by atoms with van der Waals surface area (Å²) in [4.78, 5) is 28.7. The molecule has 168 valence electrons. The number of rotatable bonds is 6. The van der Waals surface area contributed by atoms with Crippen molar-refractivity contribution < 1.29 is 9.72 Å². The summed E-state index contributed by atoms with van der Waals surface area (Å²) in [5.74, 6) is -0.408. The van der Waals surface area contributed by atoms with Gasteiger partial charge in [-0.3, -0.25) is 20.2 Å². The number of benzene rings is 2. The van der Waals surface area contributed by atoms with Gasteiger partial charge in [0.15, 0.2) is 10.8 Å². The molecular formula is C22H19ClN6O3S. The molecule has 0 bridgehead atoms. The molecule has 2 aromatic heterocycles. The van der Waals surface area contributed by atoms with Crippen molar-refractivity contribution in [2.24, 2.45) is 0 Å². The molecule has 11 heteroatoms. The molecule has 2 heterocycles. The third kappa shape index (κ3) is 4.76. The molecule has 2 aromatic carbocycles. The molecule has 0 unspecified atom stereocenters. The van der Waals surface area contributed by atoms with Crippen LogP contribution in [0.4, 0.5) is 10.8 Å². The summed E-state index contributed by atoms with van der Waals surface area (Å²) >= 11 is 7.47. The molecule has 9 nitrogen and oxygen atoms in total. The molecule has 0 aliphatic carbocycles. The number of non-ortho nitro benzene ring substituents is 1. The average molecular weight is 483 g/mol. The van der Waals surface area contributed by atoms with Crippen molar-refractivity contribution in [3.05, 3.63) is 90.7 Å². The Balaban J connectivity index is 1.51. The Morgan fingerprint density at radius 2 is 1.91 bits per heavy atom. The van der Waals surface area contributed by atoms with Crippen LogP contribution < -0.4 is 5.32 Å². The van der Waals surface area contributed by atoms with Crippen molar-refractivity contribution in [1.82, 2.24) is 20.0 Å². The smallest absolute Gasteiger partial charge is 0.279 e. The van der Waals surface area contributed by atoms with Crippen molar-refractivity contribution in [2.75, 3.05) is 5.32 Å². The van der Waals surface area contributed by atoms with Crippen LogP contribution in [-0.4, -0.2) is 30.8 Å². The quantitative estimate of drug-likeness (QED) is 0.303. The highest BCUT2D eigenvalue weighted by molar-refractivity contribution is 7.15. The summed E-state index contributed by atoms with van der Waals surface area (Å²) in [5, 5.41) is 22.8. The number of nitrogens with one attached hydrogen (secondary N) is 1. The Morgan fingerprint density at radius 1 is 1.18 bits per heavy atom. The number of hydrogen-bond donors (Lipinski definition) is 1. The number of nitro benzene ring substituents is 1. The second kappa shape index (κ2) is 9.08. The third-order valence-electron chi connectivity index (χ3n) is 5.13. The average Bonchev–Trinajstić information content (AvgIpc) is 3.32. The molecule has 4 aromatic rings. The van der Waals surface area contributed by atoms with Crippen molar-refractivity contribution in [1.29, 1.82) is 0 Å². The van der Waals surface area contributed by atoms with Gasteiger partial charge in [-0.05, 0) is 44.0 Å². The minimum absolute atomic E-state index is 0.0455. The van der Waals surface area contributed by atoms with E-state index in [2.05, 4.69) is 20.6 Å². The van der Waals surface area contributed by atoms with E-state index in [-0.39, 0.29) is 11.4 Å². The molecule has 0 aliphatic rings. The Bertz CT molecular complexity index is 1360. The first kappa shape index (κ1) is 22.6. The number of nitrogens with zero attached hydrogens (tertiary/aromatic N) is 5. The fourth-order valence-corrected chi connectivity index (χ4v) is 4.46. The molecule has 0 spiro atoms. The maximum Gasteiger partial charge on any atom is 0.279 e. The van der Waals surface area contributed by atoms with Crippen LogP contribution in [0, 0.1) is 30.9 Å². The van der Waals surface area contributed by atoms with Gasteiger partial charge >= 0.3 is 0 Å². The molecule has 0 fully saturated rings. The SMILES string of the molecule is Cc1ccc(Cl)cc1-n1nnc(C(=O)Nc2nc(C)c(Cc3ccc([N+](=O)[O-])cc3)s2)c1C. The van der Waals surface area contributed by atoms with Gasteiger partial charge < -0.3 is 0 Å². The van der Waals surface area contributed by atoms with Gasteiger partial charge in [-0.25, -0.2) is 9.67 Å². The van der Waals surface area contributed by atoms with Crippen molar-refractivity contribution >= 4 is 39.7 Å². The highest BCUT2D eigenvalue weighted by atomic mass is 35.5. The van der Waals surface area contributed by atoms with Crippen LogP contribution in [0.1, 0.15) is 37.9 Å². The summed E-state index contributed by atoms with van der Waals surface area (Å²) in [5.41, 5.74) is 4.22. The molecule has 33 heavy (non-hydrogen) atoms. The zero-order chi connectivity index (χ0) is 23.7. The Hall–Kier alpha value is -3.63. The monoisotopic (exact) mass is 482 g/mol. The van der Waals surface area contributed by atoms with E-state index in [9.17, 15) is 14.9 Å². The fraction of sp³-hybridized carbons (Fsp3) is 0.182. The van der Waals surface area contributed by atoms with Crippen molar-refractivity contribution in [2.45, 2.75) is 27.2 Å². The Morgan fingerprint density at radius 3 is 2.61 bits per heavy atom. The van der Waals surface area contributed by atoms with Crippen LogP contribution in [0.5, 0.6) is 0 Å². The van der Waals surface area contributed by atoms with Crippen LogP contribution in [0.15, 0.2) is 42.5 Å². The van der Waals surface area contributed by atoms with E-state index in [0.29, 0.717) is 22.3 Å². The Kier molecular flexibility index (Phi) is 6.21. The second-order valence-corrected chi connectivity index (χ2v) is 8.97. The van der Waals surface area contributed by atoms with Crippen LogP contribution in [0.2, 0.25) is 5.02 Å². The molecule has 4 rings (SSSR count). The molecule has 0 atom stereocenters. The number of hydrogen-bond acceptors (Lipinski definition) is 7. The standard InChI is InChI=1S/C22H19ClN6O3S/c1-12-4-7-16(23)11-18(12)28-14(3)20(26-27-28)21(30)25-22-24-13(2)19(33-22)10-15-5-8-17(9-6-15)29(31)32/h4-9,11H,10H2,1-3H3,(H,24,25,30). The molecule has 1 amide bonds. The maximum absolute atomic E-state index is 12.9. The second-order valence-electron chi connectivity index (χ2n) is 7.45. The van der Waals surface area contributed by atoms with Gasteiger partial charge in [0.05, 0.1) is 22.0 Å². The van der Waals surface area contributed by atoms with E-state index < -0.39 is 10.8 Å². The van der Waals surface area contributed by atoms with Gasteiger partial charge in [0.2, 0.25) is 0 Å². The third-order valence-corrected chi connectivity index (χ3v) is 6.44. The number of halogens is 1. The number of amides is 1. The van der Waals surface area contributed by atoms with Gasteiger partial charge in [0.25, 0.3) is 11.6 Å². The lowest BCUT2D eigenvalue weighted by molar-refractivity contribution is -0.384. The summed E-state index contributed by atoms with van der Waals surface area (Å²) in [6, 6.07) is 11.8. The summed E-state index contributed by atoms with van der Waals surface area (Å²) in [6.07, 6.45) is 0.556. The number of thiazole rings is 1. The van der Waals surface area contributed by atoms with Crippen molar-refractivity contribution in [3.8, 4) is 5.69 Å². The summed E-state index contributed by atoms with van der Waals surface area (Å²) in [6.45, 7) is 5.55. The van der Waals surface area contributed by atoms with Gasteiger partial charge in [0.1, 0.15) is 0 Å². The van der Waals surface area contributed by atoms with Crippen LogP contribution >= 0.6 is 22.9 Å². The fourth-order valence-electron chi connectivity index (χ4n) is 3.30. The largest absolute Gasteiger partial charge is 0.296 e. The van der Waals surface area contributed by atoms with Crippen LogP contribution in [0.25, 0.3) is 5.69 Å². The van der Waals surface area contributed by atoms with E-state index in [4.69, 9.17) is 11.6 Å². The zero-order valence-electron chi connectivity index (χ0n) is 18.0. The Labute approximate surface area is 198 Å². The van der Waals surface area contributed by atoms with Crippen LogP contribution in [0.3, 0.4) is 0 Å². The minimum Gasteiger partial charge on any atom is -0.296 e. The van der Waals surface area contributed by atoms with Crippen molar-refractivity contribution in [3.63, 3.8) is 0 Å². The maximum atomic E-state index is 12.9. The molecule has 1 N–H and O–H groups in total. The topological polar surface area (TPSA) is 116 Å². The number of aryl methyl sites for hydroxylation is 2. The van der Waals surface area contributed by atoms with Crippen LogP contribution in [-0.2, 0) is 6.42 Å². The lowest BCUT2D eigenvalue weighted by Crippen LogP contribution is -2.14. The van der Waals surface area contributed by atoms with Gasteiger partial charge in [-0.15, -0.1) is 16.4 Å². The lowest BCUT2D eigenvalue weighted by Gasteiger charge is -2.07. The van der Waals surface area contributed by atoms with E-state index in [1.165, 1.54) is 23.5 Å². The summed E-state index contributed by atoms with van der Waals surface area (Å²) < 4.78 is 1.59.